The van der Waals surface area contributed by atoms with Gasteiger partial charge in [-0.2, -0.15) is 0 Å². The number of sulfonamides is 1. The zero-order valence-electron chi connectivity index (χ0n) is 12.3. The summed E-state index contributed by atoms with van der Waals surface area (Å²) in [5, 5.41) is 9.25. The van der Waals surface area contributed by atoms with Crippen LogP contribution in [0, 0.1) is 18.8 Å². The van der Waals surface area contributed by atoms with E-state index in [1.54, 1.807) is 25.1 Å². The third-order valence-electron chi connectivity index (χ3n) is 4.63. The maximum atomic E-state index is 12.5. The molecule has 1 aliphatic rings. The van der Waals surface area contributed by atoms with E-state index in [2.05, 4.69) is 18.6 Å². The second-order valence-electron chi connectivity index (χ2n) is 5.84. The van der Waals surface area contributed by atoms with E-state index in [9.17, 15) is 13.5 Å². The fraction of sp³-hybridized carbons (Fsp3) is 0.600. The van der Waals surface area contributed by atoms with Crippen LogP contribution in [0.5, 0.6) is 0 Å². The molecule has 0 aromatic heterocycles. The molecule has 0 aliphatic heterocycles. The first-order valence-electron chi connectivity index (χ1n) is 7.08. The van der Waals surface area contributed by atoms with Gasteiger partial charge in [0.05, 0.1) is 11.5 Å². The Bertz CT molecular complexity index is 583. The van der Waals surface area contributed by atoms with Crippen LogP contribution in [0.2, 0.25) is 0 Å². The number of hydrogen-bond donors (Lipinski definition) is 2. The lowest BCUT2D eigenvalue weighted by molar-refractivity contribution is 0.280. The van der Waals surface area contributed by atoms with Gasteiger partial charge in [-0.05, 0) is 48.8 Å². The highest BCUT2D eigenvalue weighted by atomic mass is 32.2. The first-order chi connectivity index (χ1) is 9.36. The van der Waals surface area contributed by atoms with Gasteiger partial charge in [0.25, 0.3) is 0 Å². The Kier molecular flexibility index (Phi) is 4.52. The molecule has 1 aromatic rings. The highest BCUT2D eigenvalue weighted by molar-refractivity contribution is 7.89. The summed E-state index contributed by atoms with van der Waals surface area (Å²) in [6.45, 7) is 5.85. The van der Waals surface area contributed by atoms with Crippen LogP contribution in [0.15, 0.2) is 23.1 Å². The fourth-order valence-corrected chi connectivity index (χ4v) is 4.57. The van der Waals surface area contributed by atoms with E-state index >= 15 is 0 Å². The van der Waals surface area contributed by atoms with Crippen LogP contribution >= 0.6 is 0 Å². The molecular weight excluding hydrogens is 274 g/mol. The summed E-state index contributed by atoms with van der Waals surface area (Å²) in [5.41, 5.74) is 1.28. The van der Waals surface area contributed by atoms with Gasteiger partial charge in [-0.15, -0.1) is 0 Å². The summed E-state index contributed by atoms with van der Waals surface area (Å²) in [7, 11) is -3.52. The topological polar surface area (TPSA) is 66.4 Å². The van der Waals surface area contributed by atoms with Crippen molar-refractivity contribution in [2.75, 3.05) is 0 Å². The van der Waals surface area contributed by atoms with Crippen LogP contribution in [-0.2, 0) is 16.6 Å². The number of aliphatic hydroxyl groups is 1. The van der Waals surface area contributed by atoms with Crippen molar-refractivity contribution in [1.82, 2.24) is 4.72 Å². The van der Waals surface area contributed by atoms with Gasteiger partial charge in [-0.3, -0.25) is 0 Å². The van der Waals surface area contributed by atoms with Crippen molar-refractivity contribution < 1.29 is 13.5 Å². The van der Waals surface area contributed by atoms with Crippen molar-refractivity contribution in [3.63, 3.8) is 0 Å². The van der Waals surface area contributed by atoms with Crippen LogP contribution in [0.3, 0.4) is 0 Å². The summed E-state index contributed by atoms with van der Waals surface area (Å²) in [4.78, 5) is 0.274. The third-order valence-corrected chi connectivity index (χ3v) is 6.26. The molecule has 20 heavy (non-hydrogen) atoms. The molecule has 0 saturated heterocycles. The molecule has 2 rings (SSSR count). The van der Waals surface area contributed by atoms with Gasteiger partial charge in [0.2, 0.25) is 10.0 Å². The average Bonchev–Trinajstić information content (AvgIpc) is 2.70. The van der Waals surface area contributed by atoms with Gasteiger partial charge >= 0.3 is 0 Å². The lowest BCUT2D eigenvalue weighted by atomic mass is 9.98. The molecule has 3 atom stereocenters. The summed E-state index contributed by atoms with van der Waals surface area (Å²) < 4.78 is 27.9. The molecule has 1 saturated carbocycles. The number of rotatable bonds is 4. The maximum Gasteiger partial charge on any atom is 0.241 e. The molecule has 2 N–H and O–H groups in total. The van der Waals surface area contributed by atoms with Crippen molar-refractivity contribution in [3.8, 4) is 0 Å². The van der Waals surface area contributed by atoms with E-state index in [1.807, 2.05) is 0 Å². The summed E-state index contributed by atoms with van der Waals surface area (Å²) in [6.07, 6.45) is 1.95. The molecule has 0 bridgehead atoms. The van der Waals surface area contributed by atoms with Gasteiger partial charge in [0, 0.05) is 6.04 Å². The zero-order chi connectivity index (χ0) is 14.9. The molecule has 0 heterocycles. The van der Waals surface area contributed by atoms with E-state index in [4.69, 9.17) is 0 Å². The molecule has 5 heteroatoms. The highest BCUT2D eigenvalue weighted by Crippen LogP contribution is 2.32. The Morgan fingerprint density at radius 1 is 1.30 bits per heavy atom. The van der Waals surface area contributed by atoms with Gasteiger partial charge in [-0.25, -0.2) is 13.1 Å². The first-order valence-corrected chi connectivity index (χ1v) is 8.57. The number of nitrogens with one attached hydrogen (secondary N) is 1. The zero-order valence-corrected chi connectivity index (χ0v) is 13.1. The molecule has 1 aromatic carbocycles. The molecule has 1 fully saturated rings. The molecule has 0 spiro atoms. The second kappa shape index (κ2) is 5.84. The Hall–Kier alpha value is -0.910. The minimum Gasteiger partial charge on any atom is -0.392 e. The second-order valence-corrected chi connectivity index (χ2v) is 7.52. The Labute approximate surface area is 121 Å². The average molecular weight is 297 g/mol. The lowest BCUT2D eigenvalue weighted by Gasteiger charge is -2.20. The van der Waals surface area contributed by atoms with Crippen LogP contribution in [0.25, 0.3) is 0 Å². The Balaban J connectivity index is 2.27. The van der Waals surface area contributed by atoms with Crippen molar-refractivity contribution in [3.05, 3.63) is 29.3 Å². The molecule has 0 amide bonds. The SMILES string of the molecule is Cc1c(CO)cccc1S(=O)(=O)NC1CCC(C)C1C. The minimum absolute atomic E-state index is 0.00665. The molecule has 0 radical (unpaired) electrons. The van der Waals surface area contributed by atoms with E-state index in [1.165, 1.54) is 0 Å². The van der Waals surface area contributed by atoms with Crippen molar-refractivity contribution in [2.24, 2.45) is 11.8 Å². The summed E-state index contributed by atoms with van der Waals surface area (Å²) >= 11 is 0. The molecular formula is C15H23NO3S. The van der Waals surface area contributed by atoms with E-state index in [0.717, 1.165) is 12.8 Å². The number of aliphatic hydroxyl groups excluding tert-OH is 1. The molecule has 112 valence electrons. The van der Waals surface area contributed by atoms with E-state index in [-0.39, 0.29) is 17.5 Å². The van der Waals surface area contributed by atoms with Gasteiger partial charge in [-0.1, -0.05) is 26.0 Å². The molecule has 1 aliphatic carbocycles. The standard InChI is InChI=1S/C15H23NO3S/c1-10-7-8-14(11(10)2)16-20(18,19)15-6-4-5-13(9-17)12(15)3/h4-6,10-11,14,16-17H,7-9H2,1-3H3. The summed E-state index contributed by atoms with van der Waals surface area (Å²) in [6, 6.07) is 5.02. The lowest BCUT2D eigenvalue weighted by Crippen LogP contribution is -2.37. The van der Waals surface area contributed by atoms with Crippen LogP contribution in [-0.4, -0.2) is 19.6 Å². The predicted octanol–water partition coefficient (Wildman–Crippen LogP) is 2.20. The normalized spacial score (nSPS) is 26.9. The largest absolute Gasteiger partial charge is 0.392 e. The van der Waals surface area contributed by atoms with Crippen LogP contribution < -0.4 is 4.72 Å². The monoisotopic (exact) mass is 297 g/mol. The van der Waals surface area contributed by atoms with Gasteiger partial charge in [0.1, 0.15) is 0 Å². The number of hydrogen-bond acceptors (Lipinski definition) is 3. The molecule has 3 unspecified atom stereocenters. The first kappa shape index (κ1) is 15.5. The fourth-order valence-electron chi connectivity index (χ4n) is 2.92. The minimum atomic E-state index is -3.52. The highest BCUT2D eigenvalue weighted by Gasteiger charge is 2.33. The van der Waals surface area contributed by atoms with Crippen molar-refractivity contribution >= 4 is 10.0 Å². The van der Waals surface area contributed by atoms with E-state index < -0.39 is 10.0 Å². The van der Waals surface area contributed by atoms with Gasteiger partial charge < -0.3 is 5.11 Å². The van der Waals surface area contributed by atoms with Gasteiger partial charge in [0.15, 0.2) is 0 Å². The Morgan fingerprint density at radius 3 is 2.55 bits per heavy atom. The maximum absolute atomic E-state index is 12.5. The van der Waals surface area contributed by atoms with Crippen LogP contribution in [0.1, 0.15) is 37.8 Å². The summed E-state index contributed by atoms with van der Waals surface area (Å²) in [5.74, 6) is 0.902. The Morgan fingerprint density at radius 2 is 2.00 bits per heavy atom. The number of benzene rings is 1. The van der Waals surface area contributed by atoms with Crippen LogP contribution in [0.4, 0.5) is 0 Å². The van der Waals surface area contributed by atoms with Crippen molar-refractivity contribution in [2.45, 2.75) is 51.2 Å². The quantitative estimate of drug-likeness (QED) is 0.895. The third kappa shape index (κ3) is 2.90. The molecule has 4 nitrogen and oxygen atoms in total. The predicted molar refractivity (Wildman–Crippen MR) is 78.8 cm³/mol. The van der Waals surface area contributed by atoms with Crippen molar-refractivity contribution in [1.29, 1.82) is 0 Å². The van der Waals surface area contributed by atoms with E-state index in [0.29, 0.717) is 23.0 Å². The smallest absolute Gasteiger partial charge is 0.241 e.